The summed E-state index contributed by atoms with van der Waals surface area (Å²) in [4.78, 5) is 24.4. The van der Waals surface area contributed by atoms with Gasteiger partial charge in [0.1, 0.15) is 0 Å². The van der Waals surface area contributed by atoms with Crippen molar-refractivity contribution in [3.63, 3.8) is 0 Å². The van der Waals surface area contributed by atoms with Gasteiger partial charge in [-0.05, 0) is 49.2 Å². The average Bonchev–Trinajstić information content (AvgIpc) is 2.51. The number of hydrogen-bond donors (Lipinski definition) is 1. The van der Waals surface area contributed by atoms with Crippen LogP contribution in [0.1, 0.15) is 21.5 Å². The van der Waals surface area contributed by atoms with Gasteiger partial charge >= 0.3 is 5.97 Å². The third kappa shape index (κ3) is 4.76. The first-order valence-electron chi connectivity index (χ1n) is 7.34. The molecule has 0 aliphatic rings. The molecule has 2 rings (SSSR count). The van der Waals surface area contributed by atoms with E-state index in [0.717, 1.165) is 11.1 Å². The van der Waals surface area contributed by atoms with Gasteiger partial charge in [-0.15, -0.1) is 0 Å². The second-order valence-corrected chi connectivity index (χ2v) is 6.80. The van der Waals surface area contributed by atoms with E-state index >= 15 is 0 Å². The van der Waals surface area contributed by atoms with Gasteiger partial charge in [0.2, 0.25) is 0 Å². The van der Waals surface area contributed by atoms with E-state index in [2.05, 4.69) is 5.32 Å². The Labute approximate surface area is 143 Å². The van der Waals surface area contributed by atoms with Crippen LogP contribution in [0.25, 0.3) is 0 Å². The number of anilines is 1. The van der Waals surface area contributed by atoms with Crippen molar-refractivity contribution in [1.29, 1.82) is 0 Å². The van der Waals surface area contributed by atoms with Gasteiger partial charge in [0.25, 0.3) is 5.91 Å². The molecule has 126 valence electrons. The first kappa shape index (κ1) is 17.9. The van der Waals surface area contributed by atoms with Gasteiger partial charge < -0.3 is 10.1 Å². The van der Waals surface area contributed by atoms with Crippen molar-refractivity contribution < 1.29 is 18.5 Å². The molecular formula is C18H19NO4S. The number of hydrogen-bond acceptors (Lipinski definition) is 4. The predicted octanol–water partition coefficient (Wildman–Crippen LogP) is 2.84. The van der Waals surface area contributed by atoms with E-state index in [-0.39, 0.29) is 5.56 Å². The number of nitrogens with one attached hydrogen (secondary N) is 1. The summed E-state index contributed by atoms with van der Waals surface area (Å²) in [6.45, 7) is 3.46. The Morgan fingerprint density at radius 2 is 1.71 bits per heavy atom. The molecule has 0 heterocycles. The standard InChI is InChI=1S/C18H19NO4S/c1-12-8-13(2)10-14(9-12)19-17(20)11-23-18(21)15-6-4-5-7-16(15)24(3)22/h4-10H,11H2,1-3H3,(H,19,20)/t24-/m1/s1. The molecule has 0 saturated heterocycles. The van der Waals surface area contributed by atoms with Crippen LogP contribution in [0.5, 0.6) is 0 Å². The highest BCUT2D eigenvalue weighted by atomic mass is 32.2. The third-order valence-corrected chi connectivity index (χ3v) is 4.23. The van der Waals surface area contributed by atoms with Crippen LogP contribution in [0.2, 0.25) is 0 Å². The lowest BCUT2D eigenvalue weighted by molar-refractivity contribution is -0.119. The van der Waals surface area contributed by atoms with E-state index in [0.29, 0.717) is 10.6 Å². The Hall–Kier alpha value is -2.47. The third-order valence-electron chi connectivity index (χ3n) is 3.26. The number of amides is 1. The molecule has 6 heteroatoms. The zero-order valence-corrected chi connectivity index (χ0v) is 14.6. The fraction of sp³-hybridized carbons (Fsp3) is 0.222. The van der Waals surface area contributed by atoms with Crippen LogP contribution in [-0.2, 0) is 20.3 Å². The molecule has 0 fully saturated rings. The predicted molar refractivity (Wildman–Crippen MR) is 93.6 cm³/mol. The molecular weight excluding hydrogens is 326 g/mol. The Kier molecular flexibility index (Phi) is 5.87. The van der Waals surface area contributed by atoms with Gasteiger partial charge in [-0.1, -0.05) is 18.2 Å². The fourth-order valence-corrected chi connectivity index (χ4v) is 3.07. The molecule has 0 aliphatic heterocycles. The van der Waals surface area contributed by atoms with Crippen LogP contribution in [0.3, 0.4) is 0 Å². The number of carbonyl (C=O) groups excluding carboxylic acids is 2. The number of rotatable bonds is 5. The summed E-state index contributed by atoms with van der Waals surface area (Å²) >= 11 is 0. The monoisotopic (exact) mass is 345 g/mol. The fourth-order valence-electron chi connectivity index (χ4n) is 2.34. The van der Waals surface area contributed by atoms with Crippen molar-refractivity contribution in [3.8, 4) is 0 Å². The van der Waals surface area contributed by atoms with E-state index < -0.39 is 29.3 Å². The van der Waals surface area contributed by atoms with Crippen LogP contribution in [0.15, 0.2) is 47.4 Å². The summed E-state index contributed by atoms with van der Waals surface area (Å²) < 4.78 is 16.7. The molecule has 1 atom stereocenters. The zero-order chi connectivity index (χ0) is 17.7. The highest BCUT2D eigenvalue weighted by Crippen LogP contribution is 2.15. The summed E-state index contributed by atoms with van der Waals surface area (Å²) in [5.74, 6) is -1.10. The molecule has 2 aromatic rings. The minimum absolute atomic E-state index is 0.206. The summed E-state index contributed by atoms with van der Waals surface area (Å²) in [5, 5.41) is 2.69. The zero-order valence-electron chi connectivity index (χ0n) is 13.8. The Balaban J connectivity index is 1.99. The number of ether oxygens (including phenoxy) is 1. The minimum atomic E-state index is -1.31. The van der Waals surface area contributed by atoms with Crippen molar-refractivity contribution in [2.75, 3.05) is 18.2 Å². The van der Waals surface area contributed by atoms with Crippen molar-refractivity contribution in [2.45, 2.75) is 18.7 Å². The van der Waals surface area contributed by atoms with E-state index in [1.165, 1.54) is 12.3 Å². The second kappa shape index (κ2) is 7.88. The minimum Gasteiger partial charge on any atom is -0.452 e. The maximum Gasteiger partial charge on any atom is 0.339 e. The lowest BCUT2D eigenvalue weighted by Crippen LogP contribution is -2.21. The maximum atomic E-state index is 12.1. The first-order chi connectivity index (χ1) is 11.4. The smallest absolute Gasteiger partial charge is 0.339 e. The van der Waals surface area contributed by atoms with Crippen molar-refractivity contribution >= 4 is 28.4 Å². The Morgan fingerprint density at radius 1 is 1.08 bits per heavy atom. The van der Waals surface area contributed by atoms with Crippen LogP contribution in [0, 0.1) is 13.8 Å². The van der Waals surface area contributed by atoms with Crippen LogP contribution < -0.4 is 5.32 Å². The van der Waals surface area contributed by atoms with Gasteiger partial charge in [-0.2, -0.15) is 0 Å². The molecule has 0 aromatic heterocycles. The number of benzene rings is 2. The maximum absolute atomic E-state index is 12.1. The van der Waals surface area contributed by atoms with Gasteiger partial charge in [0.05, 0.1) is 21.3 Å². The summed E-state index contributed by atoms with van der Waals surface area (Å²) in [7, 11) is -1.31. The highest BCUT2D eigenvalue weighted by molar-refractivity contribution is 7.84. The Morgan fingerprint density at radius 3 is 2.33 bits per heavy atom. The van der Waals surface area contributed by atoms with E-state index in [1.54, 1.807) is 18.2 Å². The molecule has 1 N–H and O–H groups in total. The largest absolute Gasteiger partial charge is 0.452 e. The lowest BCUT2D eigenvalue weighted by Gasteiger charge is -2.09. The number of carbonyl (C=O) groups is 2. The van der Waals surface area contributed by atoms with Gasteiger partial charge in [0.15, 0.2) is 6.61 Å². The van der Waals surface area contributed by atoms with Crippen LogP contribution in [-0.4, -0.2) is 28.9 Å². The second-order valence-electron chi connectivity index (χ2n) is 5.45. The molecule has 0 saturated carbocycles. The molecule has 0 bridgehead atoms. The number of esters is 1. The van der Waals surface area contributed by atoms with Crippen LogP contribution >= 0.6 is 0 Å². The highest BCUT2D eigenvalue weighted by Gasteiger charge is 2.16. The van der Waals surface area contributed by atoms with Crippen molar-refractivity contribution in [3.05, 3.63) is 59.2 Å². The molecule has 0 aliphatic carbocycles. The van der Waals surface area contributed by atoms with Gasteiger partial charge in [-0.25, -0.2) is 4.79 Å². The average molecular weight is 345 g/mol. The molecule has 2 aromatic carbocycles. The molecule has 1 amide bonds. The quantitative estimate of drug-likeness (QED) is 0.846. The van der Waals surface area contributed by atoms with Gasteiger partial charge in [-0.3, -0.25) is 9.00 Å². The molecule has 0 unspecified atom stereocenters. The van der Waals surface area contributed by atoms with Crippen molar-refractivity contribution in [1.82, 2.24) is 0 Å². The normalized spacial score (nSPS) is 11.6. The number of aryl methyl sites for hydroxylation is 2. The van der Waals surface area contributed by atoms with Gasteiger partial charge in [0, 0.05) is 11.9 Å². The van der Waals surface area contributed by atoms with E-state index in [1.807, 2.05) is 32.0 Å². The molecule has 24 heavy (non-hydrogen) atoms. The molecule has 5 nitrogen and oxygen atoms in total. The van der Waals surface area contributed by atoms with Crippen LogP contribution in [0.4, 0.5) is 5.69 Å². The van der Waals surface area contributed by atoms with E-state index in [4.69, 9.17) is 4.74 Å². The Bertz CT molecular complexity index is 781. The topological polar surface area (TPSA) is 72.5 Å². The summed E-state index contributed by atoms with van der Waals surface area (Å²) in [6.07, 6.45) is 1.49. The lowest BCUT2D eigenvalue weighted by atomic mass is 10.1. The van der Waals surface area contributed by atoms with Crippen molar-refractivity contribution in [2.24, 2.45) is 0 Å². The SMILES string of the molecule is Cc1cc(C)cc(NC(=O)COC(=O)c2ccccc2[S@@](C)=O)c1. The first-order valence-corrected chi connectivity index (χ1v) is 8.90. The molecule has 0 radical (unpaired) electrons. The molecule has 0 spiro atoms. The summed E-state index contributed by atoms with van der Waals surface area (Å²) in [6, 6.07) is 12.1. The summed E-state index contributed by atoms with van der Waals surface area (Å²) in [5.41, 5.74) is 2.92. The van der Waals surface area contributed by atoms with E-state index in [9.17, 15) is 13.8 Å².